The second-order valence-corrected chi connectivity index (χ2v) is 6.47. The molecular weight excluding hydrogens is 269 g/mol. The van der Waals surface area contributed by atoms with Crippen LogP contribution in [0.3, 0.4) is 0 Å². The van der Waals surface area contributed by atoms with E-state index in [0.29, 0.717) is 5.92 Å². The summed E-state index contributed by atoms with van der Waals surface area (Å²) < 4.78 is 13.0. The molecule has 0 heterocycles. The van der Waals surface area contributed by atoms with Crippen LogP contribution in [0, 0.1) is 11.7 Å². The van der Waals surface area contributed by atoms with Crippen LogP contribution in [-0.4, -0.2) is 5.25 Å². The molecule has 2 rings (SSSR count). The fourth-order valence-corrected chi connectivity index (χ4v) is 3.34. The van der Waals surface area contributed by atoms with E-state index >= 15 is 0 Å². The summed E-state index contributed by atoms with van der Waals surface area (Å²) in [7, 11) is 0. The zero-order chi connectivity index (χ0) is 14.5. The third-order valence-corrected chi connectivity index (χ3v) is 4.94. The van der Waals surface area contributed by atoms with Gasteiger partial charge in [0, 0.05) is 16.2 Å². The largest absolute Gasteiger partial charge is 0.323 e. The second kappa shape index (κ2) is 6.91. The summed E-state index contributed by atoms with van der Waals surface area (Å²) in [6, 6.07) is 16.7. The number of hydrogen-bond acceptors (Lipinski definition) is 2. The highest BCUT2D eigenvalue weighted by Gasteiger charge is 2.23. The number of benzene rings is 2. The molecule has 20 heavy (non-hydrogen) atoms. The molecular formula is C17H20FNS. The number of halogens is 1. The van der Waals surface area contributed by atoms with E-state index in [0.717, 1.165) is 10.5 Å². The van der Waals surface area contributed by atoms with E-state index in [1.165, 1.54) is 12.1 Å². The Balaban J connectivity index is 2.17. The standard InChI is InChI=1S/C17H20FNS/c1-12(2)17(16(19)13-6-4-3-5-7-13)20-15-10-8-14(18)9-11-15/h3-12,16-17H,19H2,1-2H3. The minimum Gasteiger partial charge on any atom is -0.323 e. The molecule has 3 heteroatoms. The summed E-state index contributed by atoms with van der Waals surface area (Å²) in [6.07, 6.45) is 0. The highest BCUT2D eigenvalue weighted by molar-refractivity contribution is 8.00. The molecule has 0 aliphatic heterocycles. The van der Waals surface area contributed by atoms with Gasteiger partial charge in [0.25, 0.3) is 0 Å². The predicted molar refractivity (Wildman–Crippen MR) is 84.3 cm³/mol. The van der Waals surface area contributed by atoms with Crippen LogP contribution >= 0.6 is 11.8 Å². The molecule has 0 aliphatic rings. The Kier molecular flexibility index (Phi) is 5.21. The van der Waals surface area contributed by atoms with Crippen molar-refractivity contribution in [3.8, 4) is 0 Å². The molecule has 2 unspecified atom stereocenters. The summed E-state index contributed by atoms with van der Waals surface area (Å²) in [5.41, 5.74) is 7.56. The summed E-state index contributed by atoms with van der Waals surface area (Å²) >= 11 is 1.72. The molecule has 0 fully saturated rings. The summed E-state index contributed by atoms with van der Waals surface area (Å²) in [5.74, 6) is 0.225. The molecule has 0 bridgehead atoms. The third kappa shape index (κ3) is 3.84. The Hall–Kier alpha value is -1.32. The zero-order valence-corrected chi connectivity index (χ0v) is 12.6. The Morgan fingerprint density at radius 3 is 2.10 bits per heavy atom. The van der Waals surface area contributed by atoms with Gasteiger partial charge in [0.05, 0.1) is 0 Å². The quantitative estimate of drug-likeness (QED) is 0.811. The molecule has 1 nitrogen and oxygen atoms in total. The van der Waals surface area contributed by atoms with Gasteiger partial charge in [0.15, 0.2) is 0 Å². The molecule has 0 spiro atoms. The third-order valence-electron chi connectivity index (χ3n) is 3.28. The normalized spacial score (nSPS) is 14.2. The van der Waals surface area contributed by atoms with Crippen LogP contribution in [0.2, 0.25) is 0 Å². The minimum atomic E-state index is -0.206. The van der Waals surface area contributed by atoms with Crippen LogP contribution in [0.15, 0.2) is 59.5 Å². The second-order valence-electron chi connectivity index (χ2n) is 5.22. The van der Waals surface area contributed by atoms with Gasteiger partial charge in [0.2, 0.25) is 0 Å². The van der Waals surface area contributed by atoms with Crippen molar-refractivity contribution in [3.05, 3.63) is 66.0 Å². The Morgan fingerprint density at radius 2 is 1.55 bits per heavy atom. The van der Waals surface area contributed by atoms with Gasteiger partial charge in [-0.05, 0) is 35.7 Å². The molecule has 2 aromatic rings. The van der Waals surface area contributed by atoms with Gasteiger partial charge in [-0.1, -0.05) is 44.2 Å². The summed E-state index contributed by atoms with van der Waals surface area (Å²) in [4.78, 5) is 1.05. The van der Waals surface area contributed by atoms with E-state index in [9.17, 15) is 4.39 Å². The van der Waals surface area contributed by atoms with Crippen molar-refractivity contribution in [3.63, 3.8) is 0 Å². The molecule has 106 valence electrons. The molecule has 2 atom stereocenters. The van der Waals surface area contributed by atoms with E-state index in [4.69, 9.17) is 5.73 Å². The highest BCUT2D eigenvalue weighted by Crippen LogP contribution is 2.35. The average molecular weight is 289 g/mol. The van der Waals surface area contributed by atoms with Crippen molar-refractivity contribution in [2.45, 2.75) is 30.0 Å². The van der Waals surface area contributed by atoms with E-state index in [2.05, 4.69) is 26.0 Å². The predicted octanol–water partition coefficient (Wildman–Crippen LogP) is 4.64. The number of rotatable bonds is 5. The van der Waals surface area contributed by atoms with Gasteiger partial charge in [-0.3, -0.25) is 0 Å². The Morgan fingerprint density at radius 1 is 0.950 bits per heavy atom. The molecule has 0 radical (unpaired) electrons. The maximum Gasteiger partial charge on any atom is 0.123 e. The molecule has 0 saturated carbocycles. The fourth-order valence-electron chi connectivity index (χ4n) is 2.16. The first-order valence-corrected chi connectivity index (χ1v) is 7.68. The van der Waals surface area contributed by atoms with Gasteiger partial charge in [-0.2, -0.15) is 0 Å². The lowest BCUT2D eigenvalue weighted by Gasteiger charge is -2.27. The first kappa shape index (κ1) is 15.1. The zero-order valence-electron chi connectivity index (χ0n) is 11.8. The molecule has 0 amide bonds. The summed E-state index contributed by atoms with van der Waals surface area (Å²) in [5, 5.41) is 0.253. The van der Waals surface area contributed by atoms with E-state index in [1.807, 2.05) is 30.3 Å². The van der Waals surface area contributed by atoms with Crippen LogP contribution in [0.5, 0.6) is 0 Å². The van der Waals surface area contributed by atoms with Crippen LogP contribution in [-0.2, 0) is 0 Å². The van der Waals surface area contributed by atoms with Crippen molar-refractivity contribution >= 4 is 11.8 Å². The Labute approximate surface area is 124 Å². The highest BCUT2D eigenvalue weighted by atomic mass is 32.2. The molecule has 0 aromatic heterocycles. The number of thioether (sulfide) groups is 1. The lowest BCUT2D eigenvalue weighted by molar-refractivity contribution is 0.527. The molecule has 2 aromatic carbocycles. The number of nitrogens with two attached hydrogens (primary N) is 1. The SMILES string of the molecule is CC(C)C(Sc1ccc(F)cc1)C(N)c1ccccc1. The lowest BCUT2D eigenvalue weighted by atomic mass is 9.97. The van der Waals surface area contributed by atoms with Crippen molar-refractivity contribution in [1.29, 1.82) is 0 Å². The van der Waals surface area contributed by atoms with Crippen molar-refractivity contribution in [1.82, 2.24) is 0 Å². The molecule has 0 aliphatic carbocycles. The smallest absolute Gasteiger partial charge is 0.123 e. The van der Waals surface area contributed by atoms with Gasteiger partial charge < -0.3 is 5.73 Å². The van der Waals surface area contributed by atoms with Gasteiger partial charge in [0.1, 0.15) is 5.82 Å². The van der Waals surface area contributed by atoms with Gasteiger partial charge >= 0.3 is 0 Å². The van der Waals surface area contributed by atoms with E-state index in [1.54, 1.807) is 11.8 Å². The maximum atomic E-state index is 13.0. The topological polar surface area (TPSA) is 26.0 Å². The minimum absolute atomic E-state index is 0.0359. The van der Waals surface area contributed by atoms with Crippen LogP contribution in [0.1, 0.15) is 25.5 Å². The first-order chi connectivity index (χ1) is 9.58. The van der Waals surface area contributed by atoms with E-state index < -0.39 is 0 Å². The van der Waals surface area contributed by atoms with E-state index in [-0.39, 0.29) is 17.1 Å². The van der Waals surface area contributed by atoms with Gasteiger partial charge in [-0.15, -0.1) is 11.8 Å². The molecule has 2 N–H and O–H groups in total. The van der Waals surface area contributed by atoms with Crippen molar-refractivity contribution < 1.29 is 4.39 Å². The first-order valence-electron chi connectivity index (χ1n) is 6.80. The average Bonchev–Trinajstić information content (AvgIpc) is 2.46. The fraction of sp³-hybridized carbons (Fsp3) is 0.294. The van der Waals surface area contributed by atoms with Crippen LogP contribution < -0.4 is 5.73 Å². The lowest BCUT2D eigenvalue weighted by Crippen LogP contribution is -2.28. The van der Waals surface area contributed by atoms with Crippen LogP contribution in [0.4, 0.5) is 4.39 Å². The monoisotopic (exact) mass is 289 g/mol. The molecule has 0 saturated heterocycles. The van der Waals surface area contributed by atoms with Crippen molar-refractivity contribution in [2.75, 3.05) is 0 Å². The van der Waals surface area contributed by atoms with Crippen LogP contribution in [0.25, 0.3) is 0 Å². The van der Waals surface area contributed by atoms with Gasteiger partial charge in [-0.25, -0.2) is 4.39 Å². The Bertz CT molecular complexity index is 524. The van der Waals surface area contributed by atoms with Crippen molar-refractivity contribution in [2.24, 2.45) is 11.7 Å². The summed E-state index contributed by atoms with van der Waals surface area (Å²) in [6.45, 7) is 4.34. The number of hydrogen-bond donors (Lipinski definition) is 1. The maximum absolute atomic E-state index is 13.0.